The standard InChI is InChI=1S/C17H21NO/c1-11(2)15-9-8-14(10-13(15)4)19-17-12(3)6-5-7-16(17)18/h5-11H,18H2,1-4H3. The molecule has 0 radical (unpaired) electrons. The van der Waals surface area contributed by atoms with E-state index in [0.29, 0.717) is 11.6 Å². The van der Waals surface area contributed by atoms with Crippen molar-refractivity contribution in [3.8, 4) is 11.5 Å². The van der Waals surface area contributed by atoms with Crippen molar-refractivity contribution in [2.24, 2.45) is 0 Å². The van der Waals surface area contributed by atoms with Crippen molar-refractivity contribution < 1.29 is 4.74 Å². The van der Waals surface area contributed by atoms with Crippen LogP contribution in [0.2, 0.25) is 0 Å². The number of hydrogen-bond acceptors (Lipinski definition) is 2. The molecule has 0 aromatic heterocycles. The number of aryl methyl sites for hydroxylation is 2. The highest BCUT2D eigenvalue weighted by Gasteiger charge is 2.08. The van der Waals surface area contributed by atoms with E-state index >= 15 is 0 Å². The molecule has 0 aliphatic heterocycles. The highest BCUT2D eigenvalue weighted by Crippen LogP contribution is 2.32. The van der Waals surface area contributed by atoms with Gasteiger partial charge in [0.1, 0.15) is 5.75 Å². The number of nitrogen functional groups attached to an aromatic ring is 1. The first-order valence-corrected chi connectivity index (χ1v) is 6.62. The van der Waals surface area contributed by atoms with Crippen LogP contribution in [0.15, 0.2) is 36.4 Å². The number of anilines is 1. The summed E-state index contributed by atoms with van der Waals surface area (Å²) < 4.78 is 5.93. The summed E-state index contributed by atoms with van der Waals surface area (Å²) in [7, 11) is 0. The van der Waals surface area contributed by atoms with E-state index in [1.807, 2.05) is 31.2 Å². The molecule has 19 heavy (non-hydrogen) atoms. The van der Waals surface area contributed by atoms with Gasteiger partial charge < -0.3 is 10.5 Å². The molecule has 0 bridgehead atoms. The molecule has 0 aliphatic carbocycles. The number of hydrogen-bond donors (Lipinski definition) is 1. The maximum Gasteiger partial charge on any atom is 0.153 e. The quantitative estimate of drug-likeness (QED) is 0.799. The Hall–Kier alpha value is -1.96. The minimum atomic E-state index is 0.526. The minimum absolute atomic E-state index is 0.526. The average Bonchev–Trinajstić information content (AvgIpc) is 2.33. The largest absolute Gasteiger partial charge is 0.455 e. The topological polar surface area (TPSA) is 35.2 Å². The SMILES string of the molecule is Cc1cc(Oc2c(C)cccc2N)ccc1C(C)C. The molecule has 0 heterocycles. The smallest absolute Gasteiger partial charge is 0.153 e. The Morgan fingerprint density at radius 3 is 2.32 bits per heavy atom. The molecule has 100 valence electrons. The number of nitrogens with two attached hydrogens (primary N) is 1. The highest BCUT2D eigenvalue weighted by atomic mass is 16.5. The Morgan fingerprint density at radius 2 is 1.74 bits per heavy atom. The van der Waals surface area contributed by atoms with Crippen molar-refractivity contribution in [1.82, 2.24) is 0 Å². The van der Waals surface area contributed by atoms with Crippen LogP contribution in [0.1, 0.15) is 36.5 Å². The van der Waals surface area contributed by atoms with E-state index < -0.39 is 0 Å². The van der Waals surface area contributed by atoms with Crippen LogP contribution in [-0.4, -0.2) is 0 Å². The summed E-state index contributed by atoms with van der Waals surface area (Å²) in [5, 5.41) is 0. The van der Waals surface area contributed by atoms with Gasteiger partial charge in [0.15, 0.2) is 5.75 Å². The fraction of sp³-hybridized carbons (Fsp3) is 0.294. The Kier molecular flexibility index (Phi) is 3.79. The van der Waals surface area contributed by atoms with Gasteiger partial charge in [-0.2, -0.15) is 0 Å². The molecule has 0 fully saturated rings. The predicted octanol–water partition coefficient (Wildman–Crippen LogP) is 4.80. The third-order valence-electron chi connectivity index (χ3n) is 3.33. The minimum Gasteiger partial charge on any atom is -0.455 e. The molecule has 0 atom stereocenters. The van der Waals surface area contributed by atoms with Crippen LogP contribution in [0, 0.1) is 13.8 Å². The second-order valence-corrected chi connectivity index (χ2v) is 5.27. The molecule has 0 unspecified atom stereocenters. The monoisotopic (exact) mass is 255 g/mol. The molecule has 2 aromatic rings. The summed E-state index contributed by atoms with van der Waals surface area (Å²) in [5.74, 6) is 2.11. The van der Waals surface area contributed by atoms with E-state index in [1.165, 1.54) is 11.1 Å². The molecule has 2 nitrogen and oxygen atoms in total. The lowest BCUT2D eigenvalue weighted by molar-refractivity contribution is 0.480. The summed E-state index contributed by atoms with van der Waals surface area (Å²) >= 11 is 0. The lowest BCUT2D eigenvalue weighted by Gasteiger charge is -2.14. The lowest BCUT2D eigenvalue weighted by Crippen LogP contribution is -1.96. The maximum atomic E-state index is 5.96. The lowest BCUT2D eigenvalue weighted by atomic mass is 9.98. The average molecular weight is 255 g/mol. The molecule has 0 amide bonds. The van der Waals surface area contributed by atoms with Crippen LogP contribution < -0.4 is 10.5 Å². The fourth-order valence-electron chi connectivity index (χ4n) is 2.29. The summed E-state index contributed by atoms with van der Waals surface area (Å²) in [5.41, 5.74) is 10.3. The van der Waals surface area contributed by atoms with Crippen LogP contribution in [-0.2, 0) is 0 Å². The molecule has 2 N–H and O–H groups in total. The Bertz CT molecular complexity index is 568. The molecule has 2 heteroatoms. The van der Waals surface area contributed by atoms with Gasteiger partial charge in [-0.1, -0.05) is 32.0 Å². The van der Waals surface area contributed by atoms with Gasteiger partial charge >= 0.3 is 0 Å². The van der Waals surface area contributed by atoms with E-state index in [1.54, 1.807) is 0 Å². The zero-order chi connectivity index (χ0) is 14.0. The number of benzene rings is 2. The molecule has 2 aromatic carbocycles. The summed E-state index contributed by atoms with van der Waals surface area (Å²) in [4.78, 5) is 0. The van der Waals surface area contributed by atoms with Crippen LogP contribution in [0.3, 0.4) is 0 Å². The molecular weight excluding hydrogens is 234 g/mol. The second kappa shape index (κ2) is 5.35. The molecule has 0 saturated heterocycles. The molecule has 0 saturated carbocycles. The van der Waals surface area contributed by atoms with Gasteiger partial charge in [0.05, 0.1) is 5.69 Å². The van der Waals surface area contributed by atoms with Gasteiger partial charge in [0.2, 0.25) is 0 Å². The molecule has 2 rings (SSSR count). The third-order valence-corrected chi connectivity index (χ3v) is 3.33. The van der Waals surface area contributed by atoms with Crippen molar-refractivity contribution >= 4 is 5.69 Å². The fourth-order valence-corrected chi connectivity index (χ4v) is 2.29. The maximum absolute atomic E-state index is 5.96. The van der Waals surface area contributed by atoms with Crippen LogP contribution in [0.4, 0.5) is 5.69 Å². The van der Waals surface area contributed by atoms with Crippen molar-refractivity contribution in [2.45, 2.75) is 33.6 Å². The summed E-state index contributed by atoms with van der Waals surface area (Å²) in [6.07, 6.45) is 0. The Balaban J connectivity index is 2.32. The Labute approximate surface area is 115 Å². The van der Waals surface area contributed by atoms with E-state index in [9.17, 15) is 0 Å². The second-order valence-electron chi connectivity index (χ2n) is 5.27. The predicted molar refractivity (Wildman–Crippen MR) is 80.9 cm³/mol. The molecular formula is C17H21NO. The van der Waals surface area contributed by atoms with Crippen LogP contribution in [0.25, 0.3) is 0 Å². The summed E-state index contributed by atoms with van der Waals surface area (Å²) in [6.45, 7) is 8.51. The summed E-state index contributed by atoms with van der Waals surface area (Å²) in [6, 6.07) is 12.0. The first kappa shape index (κ1) is 13.5. The van der Waals surface area contributed by atoms with Crippen molar-refractivity contribution in [3.05, 3.63) is 53.1 Å². The van der Waals surface area contributed by atoms with E-state index in [4.69, 9.17) is 10.5 Å². The van der Waals surface area contributed by atoms with Gasteiger partial charge in [-0.15, -0.1) is 0 Å². The number of rotatable bonds is 3. The van der Waals surface area contributed by atoms with Crippen molar-refractivity contribution in [3.63, 3.8) is 0 Å². The number of ether oxygens (including phenoxy) is 1. The Morgan fingerprint density at radius 1 is 1.00 bits per heavy atom. The molecule has 0 aliphatic rings. The first-order valence-electron chi connectivity index (χ1n) is 6.62. The highest BCUT2D eigenvalue weighted by molar-refractivity contribution is 5.58. The van der Waals surface area contributed by atoms with Gasteiger partial charge in [0, 0.05) is 0 Å². The zero-order valence-corrected chi connectivity index (χ0v) is 12.0. The van der Waals surface area contributed by atoms with Gasteiger partial charge in [-0.05, 0) is 54.7 Å². The third kappa shape index (κ3) is 2.90. The van der Waals surface area contributed by atoms with Crippen molar-refractivity contribution in [2.75, 3.05) is 5.73 Å². The first-order chi connectivity index (χ1) is 8.99. The van der Waals surface area contributed by atoms with E-state index in [0.717, 1.165) is 17.1 Å². The van der Waals surface area contributed by atoms with Crippen LogP contribution in [0.5, 0.6) is 11.5 Å². The molecule has 0 spiro atoms. The van der Waals surface area contributed by atoms with Crippen LogP contribution >= 0.6 is 0 Å². The van der Waals surface area contributed by atoms with Gasteiger partial charge in [-0.25, -0.2) is 0 Å². The van der Waals surface area contributed by atoms with Gasteiger partial charge in [-0.3, -0.25) is 0 Å². The normalized spacial score (nSPS) is 10.8. The number of para-hydroxylation sites is 1. The van der Waals surface area contributed by atoms with E-state index in [2.05, 4.69) is 32.9 Å². The zero-order valence-electron chi connectivity index (χ0n) is 12.0. The van der Waals surface area contributed by atoms with E-state index in [-0.39, 0.29) is 0 Å². The van der Waals surface area contributed by atoms with Gasteiger partial charge in [0.25, 0.3) is 0 Å². The van der Waals surface area contributed by atoms with Crippen molar-refractivity contribution in [1.29, 1.82) is 0 Å².